The molecule has 2 N–H and O–H groups in total. The van der Waals surface area contributed by atoms with Gasteiger partial charge in [0.05, 0.1) is 5.41 Å². The molecular weight excluding hydrogens is 176 g/mol. The lowest BCUT2D eigenvalue weighted by molar-refractivity contribution is -0.140. The molecule has 0 saturated heterocycles. The molecule has 1 amide bonds. The van der Waals surface area contributed by atoms with E-state index in [1.54, 1.807) is 4.90 Å². The molecule has 3 heteroatoms. The van der Waals surface area contributed by atoms with Crippen LogP contribution in [0.3, 0.4) is 0 Å². The number of hydrogen-bond donors (Lipinski definition) is 1. The maximum atomic E-state index is 12.2. The summed E-state index contributed by atoms with van der Waals surface area (Å²) in [6.45, 7) is 0. The van der Waals surface area contributed by atoms with E-state index in [4.69, 9.17) is 5.73 Å². The minimum Gasteiger partial charge on any atom is -0.348 e. The molecular formula is C11H20N2O. The molecule has 3 nitrogen and oxygen atoms in total. The first-order chi connectivity index (χ1) is 6.56. The van der Waals surface area contributed by atoms with E-state index in [0.717, 1.165) is 19.3 Å². The van der Waals surface area contributed by atoms with E-state index in [0.29, 0.717) is 11.8 Å². The third-order valence-electron chi connectivity index (χ3n) is 4.00. The maximum absolute atomic E-state index is 12.2. The fourth-order valence-electron chi connectivity index (χ4n) is 3.49. The van der Waals surface area contributed by atoms with Gasteiger partial charge in [-0.05, 0) is 31.6 Å². The summed E-state index contributed by atoms with van der Waals surface area (Å²) in [5.74, 6) is 0.875. The van der Waals surface area contributed by atoms with Gasteiger partial charge in [-0.1, -0.05) is 6.42 Å². The van der Waals surface area contributed by atoms with Gasteiger partial charge in [-0.2, -0.15) is 0 Å². The fourth-order valence-corrected chi connectivity index (χ4v) is 3.49. The number of nitrogens with zero attached hydrogens (tertiary/aromatic N) is 1. The topological polar surface area (TPSA) is 46.3 Å². The zero-order chi connectivity index (χ0) is 10.3. The number of rotatable bonds is 1. The van der Waals surface area contributed by atoms with Crippen LogP contribution in [0, 0.1) is 11.3 Å². The number of amides is 1. The molecule has 14 heavy (non-hydrogen) atoms. The second-order valence-electron chi connectivity index (χ2n) is 5.14. The summed E-state index contributed by atoms with van der Waals surface area (Å²) in [6.07, 6.45) is 5.43. The minimum absolute atomic E-state index is 0.0804. The summed E-state index contributed by atoms with van der Waals surface area (Å²) in [7, 11) is 3.71. The number of nitrogens with two attached hydrogens (primary N) is 1. The Kier molecular flexibility index (Phi) is 2.30. The average Bonchev–Trinajstić information content (AvgIpc) is 2.58. The molecule has 0 aromatic heterocycles. The highest BCUT2D eigenvalue weighted by Gasteiger charge is 2.54. The molecule has 0 radical (unpaired) electrons. The summed E-state index contributed by atoms with van der Waals surface area (Å²) in [5.41, 5.74) is 5.90. The van der Waals surface area contributed by atoms with Crippen molar-refractivity contribution < 1.29 is 4.79 Å². The zero-order valence-corrected chi connectivity index (χ0v) is 9.12. The van der Waals surface area contributed by atoms with E-state index in [-0.39, 0.29) is 11.5 Å². The molecule has 0 aromatic carbocycles. The summed E-state index contributed by atoms with van der Waals surface area (Å²) in [4.78, 5) is 13.9. The van der Waals surface area contributed by atoms with Crippen LogP contribution in [0.2, 0.25) is 0 Å². The highest BCUT2D eigenvalue weighted by atomic mass is 16.2. The summed E-state index contributed by atoms with van der Waals surface area (Å²) < 4.78 is 0. The highest BCUT2D eigenvalue weighted by molar-refractivity contribution is 5.83. The Morgan fingerprint density at radius 2 is 2.21 bits per heavy atom. The smallest absolute Gasteiger partial charge is 0.228 e. The van der Waals surface area contributed by atoms with E-state index in [9.17, 15) is 4.79 Å². The highest BCUT2D eigenvalue weighted by Crippen LogP contribution is 2.54. The Bertz CT molecular complexity index is 252. The van der Waals surface area contributed by atoms with Gasteiger partial charge in [0.25, 0.3) is 0 Å². The van der Waals surface area contributed by atoms with Crippen LogP contribution in [0.15, 0.2) is 0 Å². The normalized spacial score (nSPS) is 41.1. The number of hydrogen-bond acceptors (Lipinski definition) is 2. The van der Waals surface area contributed by atoms with Crippen LogP contribution in [-0.2, 0) is 4.79 Å². The van der Waals surface area contributed by atoms with E-state index in [1.165, 1.54) is 12.8 Å². The molecule has 2 rings (SSSR count). The van der Waals surface area contributed by atoms with Crippen molar-refractivity contribution in [2.75, 3.05) is 14.1 Å². The second-order valence-corrected chi connectivity index (χ2v) is 5.14. The molecule has 0 aromatic rings. The molecule has 2 aliphatic carbocycles. The van der Waals surface area contributed by atoms with E-state index >= 15 is 0 Å². The fraction of sp³-hybridized carbons (Fsp3) is 0.909. The maximum Gasteiger partial charge on any atom is 0.228 e. The number of carbonyl (C=O) groups excluding carboxylic acids is 1. The number of carbonyl (C=O) groups is 1. The van der Waals surface area contributed by atoms with Crippen molar-refractivity contribution in [2.45, 2.75) is 38.1 Å². The third-order valence-corrected chi connectivity index (χ3v) is 4.00. The standard InChI is InChI=1S/C11H20N2O/c1-13(2)10(14)11-5-3-4-8(11)6-9(12)7-11/h8-9H,3-7,12H2,1-2H3/t8-,9-,11-/m1/s1. The Labute approximate surface area is 85.6 Å². The van der Waals surface area contributed by atoms with Gasteiger partial charge in [0, 0.05) is 20.1 Å². The van der Waals surface area contributed by atoms with E-state index in [2.05, 4.69) is 0 Å². The van der Waals surface area contributed by atoms with Gasteiger partial charge in [-0.3, -0.25) is 4.79 Å². The van der Waals surface area contributed by atoms with Crippen LogP contribution >= 0.6 is 0 Å². The molecule has 2 fully saturated rings. The Hall–Kier alpha value is -0.570. The van der Waals surface area contributed by atoms with Gasteiger partial charge < -0.3 is 10.6 Å². The monoisotopic (exact) mass is 196 g/mol. The van der Waals surface area contributed by atoms with Gasteiger partial charge in [-0.15, -0.1) is 0 Å². The third kappa shape index (κ3) is 1.26. The summed E-state index contributed by atoms with van der Waals surface area (Å²) >= 11 is 0. The first-order valence-electron chi connectivity index (χ1n) is 5.53. The Morgan fingerprint density at radius 3 is 2.86 bits per heavy atom. The van der Waals surface area contributed by atoms with Crippen LogP contribution in [-0.4, -0.2) is 30.9 Å². The molecule has 0 unspecified atom stereocenters. The Morgan fingerprint density at radius 1 is 1.50 bits per heavy atom. The van der Waals surface area contributed by atoms with Crippen LogP contribution in [0.5, 0.6) is 0 Å². The number of fused-ring (bicyclic) bond motifs is 1. The van der Waals surface area contributed by atoms with Crippen molar-refractivity contribution in [3.8, 4) is 0 Å². The Balaban J connectivity index is 2.24. The molecule has 3 atom stereocenters. The minimum atomic E-state index is -0.0804. The molecule has 0 spiro atoms. The predicted octanol–water partition coefficient (Wildman–Crippen LogP) is 0.982. The average molecular weight is 196 g/mol. The largest absolute Gasteiger partial charge is 0.348 e. The second kappa shape index (κ2) is 3.23. The first kappa shape index (κ1) is 9.97. The van der Waals surface area contributed by atoms with Crippen molar-refractivity contribution in [1.82, 2.24) is 4.90 Å². The molecule has 0 aliphatic heterocycles. The van der Waals surface area contributed by atoms with Crippen LogP contribution < -0.4 is 5.73 Å². The van der Waals surface area contributed by atoms with Crippen LogP contribution in [0.4, 0.5) is 0 Å². The van der Waals surface area contributed by atoms with Crippen molar-refractivity contribution >= 4 is 5.91 Å². The van der Waals surface area contributed by atoms with E-state index < -0.39 is 0 Å². The van der Waals surface area contributed by atoms with Crippen LogP contribution in [0.25, 0.3) is 0 Å². The van der Waals surface area contributed by atoms with E-state index in [1.807, 2.05) is 14.1 Å². The molecule has 0 bridgehead atoms. The quantitative estimate of drug-likeness (QED) is 0.679. The van der Waals surface area contributed by atoms with Gasteiger partial charge >= 0.3 is 0 Å². The lowest BCUT2D eigenvalue weighted by Crippen LogP contribution is -2.40. The zero-order valence-electron chi connectivity index (χ0n) is 9.12. The van der Waals surface area contributed by atoms with Gasteiger partial charge in [0.15, 0.2) is 0 Å². The van der Waals surface area contributed by atoms with Crippen molar-refractivity contribution in [3.05, 3.63) is 0 Å². The molecule has 2 aliphatic rings. The van der Waals surface area contributed by atoms with Gasteiger partial charge in [-0.25, -0.2) is 0 Å². The van der Waals surface area contributed by atoms with Crippen molar-refractivity contribution in [3.63, 3.8) is 0 Å². The van der Waals surface area contributed by atoms with Gasteiger partial charge in [0.2, 0.25) is 5.91 Å². The van der Waals surface area contributed by atoms with Crippen LogP contribution in [0.1, 0.15) is 32.1 Å². The van der Waals surface area contributed by atoms with Crippen molar-refractivity contribution in [1.29, 1.82) is 0 Å². The molecule has 2 saturated carbocycles. The van der Waals surface area contributed by atoms with Gasteiger partial charge in [0.1, 0.15) is 0 Å². The molecule has 80 valence electrons. The SMILES string of the molecule is CN(C)C(=O)[C@@]12CCC[C@@H]1C[C@@H](N)C2. The van der Waals surface area contributed by atoms with Crippen molar-refractivity contribution in [2.24, 2.45) is 17.1 Å². The lowest BCUT2D eigenvalue weighted by atomic mass is 9.79. The molecule has 0 heterocycles. The summed E-state index contributed by atoms with van der Waals surface area (Å²) in [6, 6.07) is 0.254. The predicted molar refractivity (Wildman–Crippen MR) is 55.7 cm³/mol. The summed E-state index contributed by atoms with van der Waals surface area (Å²) in [5, 5.41) is 0. The lowest BCUT2D eigenvalue weighted by Gasteiger charge is -2.30. The first-order valence-corrected chi connectivity index (χ1v) is 5.53.